The van der Waals surface area contributed by atoms with Crippen LogP contribution in [0, 0.1) is 17.5 Å². The first-order valence-electron chi connectivity index (χ1n) is 3.09. The summed E-state index contributed by atoms with van der Waals surface area (Å²) in [6.45, 7) is 0. The van der Waals surface area contributed by atoms with Gasteiger partial charge in [-0.25, -0.2) is 13.2 Å². The lowest BCUT2D eigenvalue weighted by atomic mass is 10.2. The van der Waals surface area contributed by atoms with E-state index < -0.39 is 38.3 Å². The second-order valence-corrected chi connectivity index (χ2v) is 3.32. The van der Waals surface area contributed by atoms with Crippen LogP contribution in [-0.2, 0) is 0 Å². The van der Waals surface area contributed by atoms with Gasteiger partial charge in [0.2, 0.25) is 0 Å². The summed E-state index contributed by atoms with van der Waals surface area (Å²) in [6.07, 6.45) is 0. The molecule has 0 saturated heterocycles. The molecule has 0 radical (unpaired) electrons. The number of hydrogen-bond donors (Lipinski definition) is 0. The topological polar surface area (TPSA) is 17.1 Å². The van der Waals surface area contributed by atoms with Crippen LogP contribution in [0.5, 0.6) is 0 Å². The highest BCUT2D eigenvalue weighted by Gasteiger charge is 2.26. The maximum absolute atomic E-state index is 13.0. The molecule has 7 heteroatoms. The van der Waals surface area contributed by atoms with Crippen LogP contribution < -0.4 is 0 Å². The maximum atomic E-state index is 13.0. The largest absolute Gasteiger partial charge is 0.275 e. The molecule has 0 heterocycles. The monoisotopic (exact) mass is 262 g/mol. The van der Waals surface area contributed by atoms with Crippen LogP contribution in [-0.4, -0.2) is 5.24 Å². The summed E-state index contributed by atoms with van der Waals surface area (Å²) < 4.78 is 38.6. The lowest BCUT2D eigenvalue weighted by molar-refractivity contribution is 0.107. The Kier molecular flexibility index (Phi) is 3.29. The summed E-state index contributed by atoms with van der Waals surface area (Å²) in [5.74, 6) is -4.74. The number of carbonyl (C=O) groups is 1. The third kappa shape index (κ3) is 1.69. The molecule has 0 aromatic heterocycles. The predicted octanol–water partition coefficient (Wildman–Crippen LogP) is 3.79. The van der Waals surface area contributed by atoms with Crippen LogP contribution in [0.4, 0.5) is 13.2 Å². The standard InChI is InChI=1S/C7Cl3F3O/c8-2-1(7(10)14)4(11)3(9)6(13)5(2)12. The smallest absolute Gasteiger partial charge is 0.257 e. The Hall–Kier alpha value is -0.450. The van der Waals surface area contributed by atoms with E-state index in [1.807, 2.05) is 0 Å². The van der Waals surface area contributed by atoms with Crippen LogP contribution in [0.15, 0.2) is 0 Å². The highest BCUT2D eigenvalue weighted by Crippen LogP contribution is 2.32. The normalized spacial score (nSPS) is 10.4. The molecular formula is C7Cl3F3O. The van der Waals surface area contributed by atoms with Gasteiger partial charge in [0, 0.05) is 0 Å². The molecule has 1 aromatic carbocycles. The van der Waals surface area contributed by atoms with Gasteiger partial charge in [-0.3, -0.25) is 4.79 Å². The average Bonchev–Trinajstić information content (AvgIpc) is 2.11. The van der Waals surface area contributed by atoms with Crippen molar-refractivity contribution in [3.63, 3.8) is 0 Å². The van der Waals surface area contributed by atoms with Crippen molar-refractivity contribution >= 4 is 40.0 Å². The Balaban J connectivity index is 3.68. The zero-order chi connectivity index (χ0) is 11.0. The number of benzene rings is 1. The molecule has 0 saturated carbocycles. The third-order valence-electron chi connectivity index (χ3n) is 1.41. The minimum Gasteiger partial charge on any atom is -0.275 e. The summed E-state index contributed by atoms with van der Waals surface area (Å²) in [7, 11) is 0. The van der Waals surface area contributed by atoms with Crippen molar-refractivity contribution < 1.29 is 18.0 Å². The number of halogens is 6. The molecule has 0 N–H and O–H groups in total. The molecule has 0 unspecified atom stereocenters. The van der Waals surface area contributed by atoms with Gasteiger partial charge in [-0.05, 0) is 11.6 Å². The van der Waals surface area contributed by atoms with Gasteiger partial charge >= 0.3 is 0 Å². The van der Waals surface area contributed by atoms with E-state index in [-0.39, 0.29) is 0 Å². The highest BCUT2D eigenvalue weighted by molar-refractivity contribution is 6.69. The fourth-order valence-corrected chi connectivity index (χ4v) is 1.43. The number of carbonyl (C=O) groups excluding carboxylic acids is 1. The second-order valence-electron chi connectivity index (χ2n) is 2.22. The summed E-state index contributed by atoms with van der Waals surface area (Å²) in [5, 5.41) is -3.53. The molecule has 1 rings (SSSR count). The summed E-state index contributed by atoms with van der Waals surface area (Å²) >= 11 is 15.1. The van der Waals surface area contributed by atoms with Crippen LogP contribution in [0.2, 0.25) is 10.0 Å². The molecule has 0 fully saturated rings. The van der Waals surface area contributed by atoms with E-state index in [2.05, 4.69) is 0 Å². The van der Waals surface area contributed by atoms with E-state index in [4.69, 9.17) is 34.8 Å². The van der Waals surface area contributed by atoms with Gasteiger partial charge in [-0.2, -0.15) is 0 Å². The predicted molar refractivity (Wildman–Crippen MR) is 46.5 cm³/mol. The van der Waals surface area contributed by atoms with E-state index in [9.17, 15) is 18.0 Å². The van der Waals surface area contributed by atoms with E-state index >= 15 is 0 Å². The van der Waals surface area contributed by atoms with Crippen molar-refractivity contribution in [3.8, 4) is 0 Å². The molecule has 14 heavy (non-hydrogen) atoms. The Morgan fingerprint density at radius 3 is 1.79 bits per heavy atom. The highest BCUT2D eigenvalue weighted by atomic mass is 35.5. The first-order valence-corrected chi connectivity index (χ1v) is 4.22. The SMILES string of the molecule is O=C(Cl)c1c(F)c(Cl)c(F)c(F)c1Cl. The Morgan fingerprint density at radius 2 is 1.36 bits per heavy atom. The Bertz CT molecular complexity index is 390. The summed E-state index contributed by atoms with van der Waals surface area (Å²) in [5.41, 5.74) is -0.975. The van der Waals surface area contributed by atoms with Gasteiger partial charge in [0.25, 0.3) is 5.24 Å². The summed E-state index contributed by atoms with van der Waals surface area (Å²) in [4.78, 5) is 10.6. The van der Waals surface area contributed by atoms with Gasteiger partial charge in [-0.15, -0.1) is 0 Å². The van der Waals surface area contributed by atoms with Crippen molar-refractivity contribution in [2.24, 2.45) is 0 Å². The van der Waals surface area contributed by atoms with E-state index in [1.54, 1.807) is 0 Å². The molecule has 0 aliphatic heterocycles. The quantitative estimate of drug-likeness (QED) is 0.428. The number of hydrogen-bond acceptors (Lipinski definition) is 1. The van der Waals surface area contributed by atoms with Crippen LogP contribution in [0.3, 0.4) is 0 Å². The van der Waals surface area contributed by atoms with E-state index in [1.165, 1.54) is 0 Å². The first kappa shape index (κ1) is 11.6. The molecular weight excluding hydrogens is 263 g/mol. The molecule has 1 nitrogen and oxygen atoms in total. The maximum Gasteiger partial charge on any atom is 0.257 e. The van der Waals surface area contributed by atoms with Crippen molar-refractivity contribution in [3.05, 3.63) is 33.1 Å². The van der Waals surface area contributed by atoms with E-state index in [0.29, 0.717) is 0 Å². The Morgan fingerprint density at radius 1 is 0.929 bits per heavy atom. The van der Waals surface area contributed by atoms with Crippen LogP contribution >= 0.6 is 34.8 Å². The molecule has 0 bridgehead atoms. The zero-order valence-electron chi connectivity index (χ0n) is 6.18. The van der Waals surface area contributed by atoms with Crippen molar-refractivity contribution in [2.75, 3.05) is 0 Å². The number of rotatable bonds is 1. The lowest BCUT2D eigenvalue weighted by Crippen LogP contribution is -2.02. The molecule has 1 aromatic rings. The van der Waals surface area contributed by atoms with Gasteiger partial charge in [0.1, 0.15) is 5.02 Å². The summed E-state index contributed by atoms with van der Waals surface area (Å²) in [6, 6.07) is 0. The molecule has 0 spiro atoms. The third-order valence-corrected chi connectivity index (χ3v) is 2.28. The lowest BCUT2D eigenvalue weighted by Gasteiger charge is -2.05. The fourth-order valence-electron chi connectivity index (χ4n) is 0.777. The van der Waals surface area contributed by atoms with Gasteiger partial charge < -0.3 is 0 Å². The van der Waals surface area contributed by atoms with Crippen molar-refractivity contribution in [1.29, 1.82) is 0 Å². The van der Waals surface area contributed by atoms with Gasteiger partial charge in [0.15, 0.2) is 17.5 Å². The average molecular weight is 263 g/mol. The molecule has 0 aliphatic carbocycles. The second kappa shape index (κ2) is 3.96. The molecule has 0 amide bonds. The van der Waals surface area contributed by atoms with Crippen molar-refractivity contribution in [2.45, 2.75) is 0 Å². The zero-order valence-corrected chi connectivity index (χ0v) is 8.44. The molecule has 76 valence electrons. The van der Waals surface area contributed by atoms with Crippen LogP contribution in [0.25, 0.3) is 0 Å². The van der Waals surface area contributed by atoms with Gasteiger partial charge in [0.05, 0.1) is 10.6 Å². The minimum atomic E-state index is -1.66. The Labute approximate surface area is 91.4 Å². The van der Waals surface area contributed by atoms with Gasteiger partial charge in [-0.1, -0.05) is 23.2 Å². The first-order chi connectivity index (χ1) is 6.37. The van der Waals surface area contributed by atoms with E-state index in [0.717, 1.165) is 0 Å². The van der Waals surface area contributed by atoms with Crippen LogP contribution in [0.1, 0.15) is 10.4 Å². The molecule has 0 atom stereocenters. The minimum absolute atomic E-state index is 0.975. The molecule has 0 aliphatic rings. The fraction of sp³-hybridized carbons (Fsp3) is 0. The van der Waals surface area contributed by atoms with Crippen molar-refractivity contribution in [1.82, 2.24) is 0 Å².